The van der Waals surface area contributed by atoms with Gasteiger partial charge in [0.05, 0.1) is 5.01 Å². The molecular weight excluding hydrogens is 340 g/mol. The highest BCUT2D eigenvalue weighted by Crippen LogP contribution is 2.20. The summed E-state index contributed by atoms with van der Waals surface area (Å²) in [7, 11) is 0. The van der Waals surface area contributed by atoms with Gasteiger partial charge < -0.3 is 0 Å². The van der Waals surface area contributed by atoms with Gasteiger partial charge in [0, 0.05) is 11.8 Å². The fraction of sp³-hybridized carbons (Fsp3) is 0.294. The molecule has 5 nitrogen and oxygen atoms in total. The Balaban J connectivity index is 1.63. The Kier molecular flexibility index (Phi) is 5.32. The summed E-state index contributed by atoms with van der Waals surface area (Å²) in [5, 5.41) is 15.2. The summed E-state index contributed by atoms with van der Waals surface area (Å²) in [5.74, 6) is -0.230. The van der Waals surface area contributed by atoms with Crippen molar-refractivity contribution in [1.29, 1.82) is 0 Å². The van der Waals surface area contributed by atoms with Crippen molar-refractivity contribution >= 4 is 33.7 Å². The highest BCUT2D eigenvalue weighted by atomic mass is 32.1. The van der Waals surface area contributed by atoms with E-state index in [4.69, 9.17) is 0 Å². The number of nitrogens with zero attached hydrogens (tertiary/aromatic N) is 3. The van der Waals surface area contributed by atoms with Crippen molar-refractivity contribution in [3.63, 3.8) is 0 Å². The van der Waals surface area contributed by atoms with E-state index in [0.29, 0.717) is 17.2 Å². The van der Waals surface area contributed by atoms with Crippen LogP contribution in [-0.2, 0) is 12.8 Å². The number of anilines is 1. The number of nitrogens with one attached hydrogen (secondary N) is 1. The van der Waals surface area contributed by atoms with Crippen LogP contribution in [-0.4, -0.2) is 21.1 Å². The number of hydrogen-bond donors (Lipinski definition) is 1. The predicted molar refractivity (Wildman–Crippen MR) is 98.0 cm³/mol. The zero-order valence-corrected chi connectivity index (χ0v) is 15.2. The topological polar surface area (TPSA) is 67.8 Å². The van der Waals surface area contributed by atoms with Crippen molar-refractivity contribution in [1.82, 2.24) is 15.2 Å². The van der Waals surface area contributed by atoms with E-state index in [-0.39, 0.29) is 5.91 Å². The lowest BCUT2D eigenvalue weighted by Crippen LogP contribution is -2.12. The van der Waals surface area contributed by atoms with Crippen molar-refractivity contribution in [2.75, 3.05) is 5.32 Å². The second kappa shape index (κ2) is 7.63. The molecule has 7 heteroatoms. The van der Waals surface area contributed by atoms with E-state index < -0.39 is 0 Å². The molecule has 0 spiro atoms. The summed E-state index contributed by atoms with van der Waals surface area (Å²) in [5.41, 5.74) is 2.85. The summed E-state index contributed by atoms with van der Waals surface area (Å²) in [6, 6.07) is 8.29. The zero-order valence-electron chi connectivity index (χ0n) is 13.6. The number of hydrogen-bond acceptors (Lipinski definition) is 6. The van der Waals surface area contributed by atoms with Crippen molar-refractivity contribution in [3.05, 3.63) is 56.5 Å². The molecule has 3 aromatic rings. The second-order valence-corrected chi connectivity index (χ2v) is 7.50. The van der Waals surface area contributed by atoms with Crippen LogP contribution in [0.4, 0.5) is 5.13 Å². The SMILES string of the molecule is CCCc1nc(C(=O)Nc2nnc(Cc3cccc(C)c3)s2)cs1. The van der Waals surface area contributed by atoms with Crippen LogP contribution in [0.3, 0.4) is 0 Å². The highest BCUT2D eigenvalue weighted by Gasteiger charge is 2.13. The molecule has 1 N–H and O–H groups in total. The fourth-order valence-electron chi connectivity index (χ4n) is 2.28. The Hall–Kier alpha value is -2.12. The van der Waals surface area contributed by atoms with Gasteiger partial charge in [0.1, 0.15) is 10.7 Å². The summed E-state index contributed by atoms with van der Waals surface area (Å²) in [6.07, 6.45) is 2.64. The minimum atomic E-state index is -0.230. The number of amides is 1. The number of carbonyl (C=O) groups excluding carboxylic acids is 1. The van der Waals surface area contributed by atoms with Crippen LogP contribution in [0, 0.1) is 6.92 Å². The minimum Gasteiger partial charge on any atom is -0.295 e. The number of carbonyl (C=O) groups is 1. The molecule has 0 atom stereocenters. The zero-order chi connectivity index (χ0) is 16.9. The van der Waals surface area contributed by atoms with Gasteiger partial charge in [0.2, 0.25) is 5.13 Å². The third-order valence-corrected chi connectivity index (χ3v) is 5.12. The van der Waals surface area contributed by atoms with Crippen molar-refractivity contribution in [2.24, 2.45) is 0 Å². The van der Waals surface area contributed by atoms with Crippen LogP contribution in [0.5, 0.6) is 0 Å². The van der Waals surface area contributed by atoms with Crippen molar-refractivity contribution in [3.8, 4) is 0 Å². The number of benzene rings is 1. The van der Waals surface area contributed by atoms with Crippen LogP contribution in [0.15, 0.2) is 29.6 Å². The maximum absolute atomic E-state index is 12.2. The Morgan fingerprint density at radius 1 is 1.25 bits per heavy atom. The molecule has 0 saturated heterocycles. The predicted octanol–water partition coefficient (Wildman–Crippen LogP) is 4.10. The standard InChI is InChI=1S/C17H18N4OS2/c1-3-5-14-18-13(10-23-14)16(22)19-17-21-20-15(24-17)9-12-7-4-6-11(2)8-12/h4,6-8,10H,3,5,9H2,1-2H3,(H,19,21,22). The maximum atomic E-state index is 12.2. The number of aromatic nitrogens is 3. The van der Waals surface area contributed by atoms with E-state index in [1.807, 2.05) is 6.07 Å². The first kappa shape index (κ1) is 16.7. The van der Waals surface area contributed by atoms with Gasteiger partial charge in [-0.25, -0.2) is 4.98 Å². The van der Waals surface area contributed by atoms with Gasteiger partial charge in [-0.2, -0.15) is 0 Å². The lowest BCUT2D eigenvalue weighted by atomic mass is 10.1. The molecule has 0 aliphatic carbocycles. The van der Waals surface area contributed by atoms with Gasteiger partial charge in [-0.05, 0) is 25.3 Å². The van der Waals surface area contributed by atoms with Crippen LogP contribution in [0.2, 0.25) is 0 Å². The molecule has 0 aliphatic heterocycles. The third kappa shape index (κ3) is 4.24. The Morgan fingerprint density at radius 3 is 2.92 bits per heavy atom. The van der Waals surface area contributed by atoms with Gasteiger partial charge in [-0.3, -0.25) is 10.1 Å². The molecule has 0 radical (unpaired) electrons. The second-order valence-electron chi connectivity index (χ2n) is 5.50. The van der Waals surface area contributed by atoms with Crippen molar-refractivity contribution < 1.29 is 4.79 Å². The fourth-order valence-corrected chi connectivity index (χ4v) is 3.93. The molecule has 1 aromatic carbocycles. The molecule has 24 heavy (non-hydrogen) atoms. The highest BCUT2D eigenvalue weighted by molar-refractivity contribution is 7.15. The molecule has 0 unspecified atom stereocenters. The van der Waals surface area contributed by atoms with Gasteiger partial charge in [0.25, 0.3) is 5.91 Å². The van der Waals surface area contributed by atoms with Crippen LogP contribution >= 0.6 is 22.7 Å². The molecular formula is C17H18N4OS2. The Morgan fingerprint density at radius 2 is 2.12 bits per heavy atom. The van der Waals surface area contributed by atoms with E-state index in [2.05, 4.69) is 52.5 Å². The molecule has 0 bridgehead atoms. The summed E-state index contributed by atoms with van der Waals surface area (Å²) < 4.78 is 0. The van der Waals surface area contributed by atoms with E-state index in [9.17, 15) is 4.79 Å². The van der Waals surface area contributed by atoms with Crippen LogP contribution in [0.1, 0.15) is 45.0 Å². The first-order chi connectivity index (χ1) is 11.6. The molecule has 0 saturated carbocycles. The van der Waals surface area contributed by atoms with Gasteiger partial charge in [-0.1, -0.05) is 48.1 Å². The molecule has 124 valence electrons. The van der Waals surface area contributed by atoms with Crippen LogP contribution in [0.25, 0.3) is 0 Å². The smallest absolute Gasteiger partial charge is 0.276 e. The monoisotopic (exact) mass is 358 g/mol. The average molecular weight is 358 g/mol. The molecule has 0 aliphatic rings. The van der Waals surface area contributed by atoms with Gasteiger partial charge in [0.15, 0.2) is 0 Å². The van der Waals surface area contributed by atoms with Crippen LogP contribution < -0.4 is 5.32 Å². The maximum Gasteiger partial charge on any atom is 0.276 e. The normalized spacial score (nSPS) is 10.8. The molecule has 0 fully saturated rings. The van der Waals surface area contributed by atoms with Crippen molar-refractivity contribution in [2.45, 2.75) is 33.1 Å². The summed E-state index contributed by atoms with van der Waals surface area (Å²) in [4.78, 5) is 16.6. The van der Waals surface area contributed by atoms with E-state index in [1.165, 1.54) is 33.8 Å². The quantitative estimate of drug-likeness (QED) is 0.720. The summed E-state index contributed by atoms with van der Waals surface area (Å²) in [6.45, 7) is 4.16. The van der Waals surface area contributed by atoms with E-state index in [1.54, 1.807) is 5.38 Å². The minimum absolute atomic E-state index is 0.230. The third-order valence-electron chi connectivity index (χ3n) is 3.37. The number of thiazole rings is 1. The molecule has 1 amide bonds. The molecule has 2 aromatic heterocycles. The Labute approximate surface area is 148 Å². The lowest BCUT2D eigenvalue weighted by molar-refractivity contribution is 0.102. The molecule has 3 rings (SSSR count). The largest absolute Gasteiger partial charge is 0.295 e. The van der Waals surface area contributed by atoms with Gasteiger partial charge >= 0.3 is 0 Å². The lowest BCUT2D eigenvalue weighted by Gasteiger charge is -1.98. The van der Waals surface area contributed by atoms with E-state index in [0.717, 1.165) is 22.9 Å². The first-order valence-electron chi connectivity index (χ1n) is 7.77. The Bertz CT molecular complexity index is 840. The summed E-state index contributed by atoms with van der Waals surface area (Å²) >= 11 is 2.91. The average Bonchev–Trinajstić information content (AvgIpc) is 3.17. The molecule has 2 heterocycles. The first-order valence-corrected chi connectivity index (χ1v) is 9.47. The number of rotatable bonds is 6. The number of aryl methyl sites for hydroxylation is 2. The van der Waals surface area contributed by atoms with Gasteiger partial charge in [-0.15, -0.1) is 21.5 Å². The van der Waals surface area contributed by atoms with E-state index >= 15 is 0 Å².